The fourth-order valence-corrected chi connectivity index (χ4v) is 1.40. The summed E-state index contributed by atoms with van der Waals surface area (Å²) < 4.78 is 7.15. The fourth-order valence-electron chi connectivity index (χ4n) is 1.40. The molecule has 2 aromatic rings. The fraction of sp³-hybridized carbons (Fsp3) is 0.364. The Balaban J connectivity index is 1.88. The first-order valence-corrected chi connectivity index (χ1v) is 5.18. The van der Waals surface area contributed by atoms with Gasteiger partial charge in [-0.1, -0.05) is 6.92 Å². The zero-order valence-corrected chi connectivity index (χ0v) is 8.81. The molecule has 0 radical (unpaired) electrons. The minimum atomic E-state index is 0.677. The van der Waals surface area contributed by atoms with Gasteiger partial charge in [-0.05, 0) is 18.6 Å². The third kappa shape index (κ3) is 2.62. The van der Waals surface area contributed by atoms with Crippen LogP contribution in [0.15, 0.2) is 35.1 Å². The third-order valence-electron chi connectivity index (χ3n) is 2.12. The lowest BCUT2D eigenvalue weighted by atomic mass is 10.4. The number of hydrogen-bond donors (Lipinski definition) is 1. The van der Waals surface area contributed by atoms with Crippen LogP contribution in [-0.4, -0.2) is 9.78 Å². The number of nitrogens with zero attached hydrogens (tertiary/aromatic N) is 2. The number of furan rings is 1. The van der Waals surface area contributed by atoms with Gasteiger partial charge in [0.1, 0.15) is 11.6 Å². The molecule has 4 nitrogen and oxygen atoms in total. The predicted octanol–water partition coefficient (Wildman–Crippen LogP) is 2.50. The van der Waals surface area contributed by atoms with Crippen LogP contribution in [0.1, 0.15) is 19.1 Å². The first-order chi connectivity index (χ1) is 7.38. The molecular weight excluding hydrogens is 190 g/mol. The number of nitrogens with one attached hydrogen (secondary N) is 1. The highest BCUT2D eigenvalue weighted by molar-refractivity contribution is 5.32. The molecule has 0 amide bonds. The van der Waals surface area contributed by atoms with Crippen molar-refractivity contribution in [2.24, 2.45) is 0 Å². The molecule has 2 aromatic heterocycles. The van der Waals surface area contributed by atoms with Crippen molar-refractivity contribution < 1.29 is 4.42 Å². The molecule has 0 bridgehead atoms. The number of aromatic nitrogens is 2. The Morgan fingerprint density at radius 2 is 2.40 bits per heavy atom. The van der Waals surface area contributed by atoms with Gasteiger partial charge in [0, 0.05) is 18.8 Å². The van der Waals surface area contributed by atoms with E-state index in [2.05, 4.69) is 17.3 Å². The normalized spacial score (nSPS) is 10.5. The molecule has 0 aliphatic carbocycles. The van der Waals surface area contributed by atoms with E-state index in [1.165, 1.54) is 0 Å². The quantitative estimate of drug-likeness (QED) is 0.815. The van der Waals surface area contributed by atoms with E-state index < -0.39 is 0 Å². The zero-order valence-electron chi connectivity index (χ0n) is 8.81. The van der Waals surface area contributed by atoms with Crippen LogP contribution in [-0.2, 0) is 13.1 Å². The van der Waals surface area contributed by atoms with Crippen molar-refractivity contribution in [3.63, 3.8) is 0 Å². The Labute approximate surface area is 88.9 Å². The largest absolute Gasteiger partial charge is 0.467 e. The second-order valence-electron chi connectivity index (χ2n) is 3.40. The molecule has 0 aromatic carbocycles. The Morgan fingerprint density at radius 1 is 1.47 bits per heavy atom. The summed E-state index contributed by atoms with van der Waals surface area (Å²) in [5.41, 5.74) is 0. The van der Waals surface area contributed by atoms with E-state index in [4.69, 9.17) is 4.42 Å². The lowest BCUT2D eigenvalue weighted by molar-refractivity contribution is 0.517. The number of aryl methyl sites for hydroxylation is 1. The van der Waals surface area contributed by atoms with Crippen LogP contribution < -0.4 is 5.32 Å². The maximum Gasteiger partial charge on any atom is 0.148 e. The molecule has 0 atom stereocenters. The summed E-state index contributed by atoms with van der Waals surface area (Å²) in [5.74, 6) is 1.81. The van der Waals surface area contributed by atoms with Gasteiger partial charge < -0.3 is 9.73 Å². The highest BCUT2D eigenvalue weighted by atomic mass is 16.3. The van der Waals surface area contributed by atoms with Crippen LogP contribution in [0.5, 0.6) is 0 Å². The summed E-state index contributed by atoms with van der Waals surface area (Å²) in [5, 5.41) is 7.56. The van der Waals surface area contributed by atoms with E-state index in [1.54, 1.807) is 6.26 Å². The number of rotatable bonds is 5. The summed E-state index contributed by atoms with van der Waals surface area (Å²) in [7, 11) is 0. The molecular formula is C11H15N3O. The molecule has 4 heteroatoms. The molecule has 2 heterocycles. The number of hydrogen-bond acceptors (Lipinski definition) is 3. The van der Waals surface area contributed by atoms with Crippen molar-refractivity contribution in [1.82, 2.24) is 9.78 Å². The van der Waals surface area contributed by atoms with Crippen LogP contribution in [0, 0.1) is 0 Å². The van der Waals surface area contributed by atoms with E-state index >= 15 is 0 Å². The van der Waals surface area contributed by atoms with Gasteiger partial charge in [0.05, 0.1) is 12.8 Å². The first kappa shape index (κ1) is 9.83. The van der Waals surface area contributed by atoms with E-state index in [0.717, 1.165) is 24.5 Å². The molecule has 80 valence electrons. The highest BCUT2D eigenvalue weighted by Crippen LogP contribution is 2.06. The Kier molecular flexibility index (Phi) is 3.07. The summed E-state index contributed by atoms with van der Waals surface area (Å²) in [6.45, 7) is 3.77. The minimum absolute atomic E-state index is 0.677. The zero-order chi connectivity index (χ0) is 10.5. The van der Waals surface area contributed by atoms with Crippen LogP contribution in [0.25, 0.3) is 0 Å². The maximum atomic E-state index is 5.21. The summed E-state index contributed by atoms with van der Waals surface area (Å²) in [6.07, 6.45) is 4.75. The van der Waals surface area contributed by atoms with Gasteiger partial charge in [-0.15, -0.1) is 0 Å². The monoisotopic (exact) mass is 205 g/mol. The SMILES string of the molecule is CCCn1ccc(NCc2ccco2)n1. The molecule has 0 spiro atoms. The van der Waals surface area contributed by atoms with Crippen molar-refractivity contribution in [2.75, 3.05) is 5.32 Å². The van der Waals surface area contributed by atoms with Gasteiger partial charge in [-0.25, -0.2) is 0 Å². The van der Waals surface area contributed by atoms with Crippen LogP contribution in [0.2, 0.25) is 0 Å². The third-order valence-corrected chi connectivity index (χ3v) is 2.12. The highest BCUT2D eigenvalue weighted by Gasteiger charge is 1.99. The van der Waals surface area contributed by atoms with Gasteiger partial charge in [-0.2, -0.15) is 5.10 Å². The lowest BCUT2D eigenvalue weighted by Crippen LogP contribution is -2.01. The summed E-state index contributed by atoms with van der Waals surface area (Å²) in [4.78, 5) is 0. The molecule has 0 aliphatic rings. The van der Waals surface area contributed by atoms with Crippen LogP contribution in [0.3, 0.4) is 0 Å². The Bertz CT molecular complexity index is 392. The van der Waals surface area contributed by atoms with Gasteiger partial charge in [0.15, 0.2) is 0 Å². The smallest absolute Gasteiger partial charge is 0.148 e. The standard InChI is InChI=1S/C11H15N3O/c1-2-6-14-7-5-11(13-14)12-9-10-4-3-8-15-10/h3-5,7-8H,2,6,9H2,1H3,(H,12,13). The van der Waals surface area contributed by atoms with Crippen LogP contribution in [0.4, 0.5) is 5.82 Å². The molecule has 15 heavy (non-hydrogen) atoms. The summed E-state index contributed by atoms with van der Waals surface area (Å²) in [6, 6.07) is 5.79. The van der Waals surface area contributed by atoms with Gasteiger partial charge >= 0.3 is 0 Å². The van der Waals surface area contributed by atoms with E-state index in [-0.39, 0.29) is 0 Å². The van der Waals surface area contributed by atoms with Gasteiger partial charge in [-0.3, -0.25) is 4.68 Å². The maximum absolute atomic E-state index is 5.21. The Hall–Kier alpha value is -1.71. The van der Waals surface area contributed by atoms with Crippen LogP contribution >= 0.6 is 0 Å². The van der Waals surface area contributed by atoms with Crippen molar-refractivity contribution in [1.29, 1.82) is 0 Å². The second kappa shape index (κ2) is 4.68. The molecule has 0 fully saturated rings. The van der Waals surface area contributed by atoms with Crippen molar-refractivity contribution in [2.45, 2.75) is 26.4 Å². The molecule has 0 saturated heterocycles. The average Bonchev–Trinajstić information content (AvgIpc) is 2.85. The molecule has 0 saturated carbocycles. The van der Waals surface area contributed by atoms with Gasteiger partial charge in [0.2, 0.25) is 0 Å². The van der Waals surface area contributed by atoms with Crippen molar-refractivity contribution >= 4 is 5.82 Å². The van der Waals surface area contributed by atoms with E-state index in [9.17, 15) is 0 Å². The van der Waals surface area contributed by atoms with Crippen molar-refractivity contribution in [3.05, 3.63) is 36.4 Å². The van der Waals surface area contributed by atoms with Gasteiger partial charge in [0.25, 0.3) is 0 Å². The minimum Gasteiger partial charge on any atom is -0.467 e. The lowest BCUT2D eigenvalue weighted by Gasteiger charge is -1.99. The van der Waals surface area contributed by atoms with E-state index in [1.807, 2.05) is 29.1 Å². The summed E-state index contributed by atoms with van der Waals surface area (Å²) >= 11 is 0. The average molecular weight is 205 g/mol. The Morgan fingerprint density at radius 3 is 3.13 bits per heavy atom. The van der Waals surface area contributed by atoms with Crippen molar-refractivity contribution in [3.8, 4) is 0 Å². The molecule has 0 aliphatic heterocycles. The molecule has 0 unspecified atom stereocenters. The predicted molar refractivity (Wildman–Crippen MR) is 58.6 cm³/mol. The first-order valence-electron chi connectivity index (χ1n) is 5.18. The molecule has 1 N–H and O–H groups in total. The van der Waals surface area contributed by atoms with E-state index in [0.29, 0.717) is 6.54 Å². The topological polar surface area (TPSA) is 43.0 Å². The number of anilines is 1. The molecule has 2 rings (SSSR count). The second-order valence-corrected chi connectivity index (χ2v) is 3.40.